The summed E-state index contributed by atoms with van der Waals surface area (Å²) < 4.78 is 31.5. The lowest BCUT2D eigenvalue weighted by atomic mass is 10.1. The summed E-state index contributed by atoms with van der Waals surface area (Å²) in [7, 11) is 1.48. The van der Waals surface area contributed by atoms with E-state index >= 15 is 0 Å². The second-order valence-electron chi connectivity index (χ2n) is 4.24. The third-order valence-corrected chi connectivity index (χ3v) is 2.80. The molecular formula is C14H13F2N3O2. The smallest absolute Gasteiger partial charge is 0.251 e. The highest BCUT2D eigenvalue weighted by atomic mass is 19.1. The first-order valence-electron chi connectivity index (χ1n) is 6.03. The molecule has 3 N–H and O–H groups in total. The molecule has 0 radical (unpaired) electrons. The van der Waals surface area contributed by atoms with Gasteiger partial charge in [0.1, 0.15) is 17.3 Å². The van der Waals surface area contributed by atoms with Gasteiger partial charge in [0.05, 0.1) is 7.11 Å². The van der Waals surface area contributed by atoms with Gasteiger partial charge in [-0.2, -0.15) is 0 Å². The fourth-order valence-corrected chi connectivity index (χ4v) is 1.67. The van der Waals surface area contributed by atoms with E-state index in [1.807, 2.05) is 0 Å². The third-order valence-electron chi connectivity index (χ3n) is 2.80. The molecule has 0 spiro atoms. The van der Waals surface area contributed by atoms with Gasteiger partial charge in [0, 0.05) is 24.4 Å². The molecule has 1 aromatic heterocycles. The van der Waals surface area contributed by atoms with Crippen LogP contribution in [0.2, 0.25) is 0 Å². The first kappa shape index (κ1) is 14.7. The Hall–Kier alpha value is -2.70. The minimum absolute atomic E-state index is 0.139. The normalized spacial score (nSPS) is 10.2. The Morgan fingerprint density at radius 3 is 2.62 bits per heavy atom. The predicted molar refractivity (Wildman–Crippen MR) is 72.7 cm³/mol. The number of nitrogens with one attached hydrogen (secondary N) is 1. The molecule has 2 aromatic rings. The van der Waals surface area contributed by atoms with Crippen LogP contribution in [0.1, 0.15) is 15.9 Å². The summed E-state index contributed by atoms with van der Waals surface area (Å²) in [6.07, 6.45) is 1.53. The van der Waals surface area contributed by atoms with Crippen LogP contribution in [0.3, 0.4) is 0 Å². The molecule has 1 heterocycles. The summed E-state index contributed by atoms with van der Waals surface area (Å²) in [4.78, 5) is 15.8. The molecule has 0 aliphatic carbocycles. The second-order valence-corrected chi connectivity index (χ2v) is 4.24. The maximum atomic E-state index is 13.3. The zero-order chi connectivity index (χ0) is 15.4. The van der Waals surface area contributed by atoms with Crippen LogP contribution < -0.4 is 15.8 Å². The van der Waals surface area contributed by atoms with Gasteiger partial charge in [-0.25, -0.2) is 13.8 Å². The summed E-state index contributed by atoms with van der Waals surface area (Å²) in [6.45, 7) is 0.172. The largest absolute Gasteiger partial charge is 0.481 e. The van der Waals surface area contributed by atoms with Crippen molar-refractivity contribution >= 4 is 11.6 Å². The quantitative estimate of drug-likeness (QED) is 0.844. The number of carbonyl (C=O) groups excluding carboxylic acids is 1. The number of nitrogens with zero attached hydrogens (tertiary/aromatic N) is 1. The molecular weight excluding hydrogens is 280 g/mol. The Kier molecular flexibility index (Phi) is 4.32. The lowest BCUT2D eigenvalue weighted by molar-refractivity contribution is 0.0950. The predicted octanol–water partition coefficient (Wildman–Crippen LogP) is 1.88. The van der Waals surface area contributed by atoms with Crippen molar-refractivity contribution in [3.63, 3.8) is 0 Å². The molecule has 1 aromatic carbocycles. The van der Waals surface area contributed by atoms with E-state index in [-0.39, 0.29) is 12.1 Å². The Balaban J connectivity index is 2.08. The molecule has 110 valence electrons. The molecule has 0 unspecified atom stereocenters. The fourth-order valence-electron chi connectivity index (χ4n) is 1.67. The lowest BCUT2D eigenvalue weighted by Gasteiger charge is -2.08. The van der Waals surface area contributed by atoms with Crippen molar-refractivity contribution in [2.24, 2.45) is 0 Å². The SMILES string of the molecule is COc1cc(CNC(=O)c2cc(F)c(N)c(F)c2)ccn1. The number of pyridine rings is 1. The van der Waals surface area contributed by atoms with Crippen molar-refractivity contribution in [2.45, 2.75) is 6.54 Å². The van der Waals surface area contributed by atoms with Crippen LogP contribution in [-0.4, -0.2) is 18.0 Å². The van der Waals surface area contributed by atoms with Crippen LogP contribution >= 0.6 is 0 Å². The van der Waals surface area contributed by atoms with Crippen molar-refractivity contribution in [3.05, 3.63) is 53.2 Å². The van der Waals surface area contributed by atoms with Gasteiger partial charge in [-0.05, 0) is 23.8 Å². The van der Waals surface area contributed by atoms with Gasteiger partial charge in [-0.1, -0.05) is 0 Å². The van der Waals surface area contributed by atoms with E-state index in [1.54, 1.807) is 12.1 Å². The number of aromatic nitrogens is 1. The number of carbonyl (C=O) groups is 1. The van der Waals surface area contributed by atoms with Crippen LogP contribution in [0.15, 0.2) is 30.5 Å². The van der Waals surface area contributed by atoms with E-state index in [4.69, 9.17) is 10.5 Å². The number of anilines is 1. The van der Waals surface area contributed by atoms with Crippen LogP contribution in [0.5, 0.6) is 5.88 Å². The highest BCUT2D eigenvalue weighted by Crippen LogP contribution is 2.17. The lowest BCUT2D eigenvalue weighted by Crippen LogP contribution is -2.23. The summed E-state index contributed by atoms with van der Waals surface area (Å²) in [6, 6.07) is 5.11. The molecule has 7 heteroatoms. The van der Waals surface area contributed by atoms with Crippen molar-refractivity contribution in [3.8, 4) is 5.88 Å². The van der Waals surface area contributed by atoms with Crippen molar-refractivity contribution in [2.75, 3.05) is 12.8 Å². The molecule has 0 saturated carbocycles. The van der Waals surface area contributed by atoms with Crippen LogP contribution in [0.25, 0.3) is 0 Å². The minimum Gasteiger partial charge on any atom is -0.481 e. The molecule has 0 aliphatic rings. The van der Waals surface area contributed by atoms with E-state index in [0.29, 0.717) is 5.88 Å². The molecule has 0 bridgehead atoms. The van der Waals surface area contributed by atoms with Crippen LogP contribution in [0.4, 0.5) is 14.5 Å². The van der Waals surface area contributed by atoms with Gasteiger partial charge < -0.3 is 15.8 Å². The zero-order valence-corrected chi connectivity index (χ0v) is 11.2. The number of rotatable bonds is 4. The van der Waals surface area contributed by atoms with Gasteiger partial charge in [0.15, 0.2) is 0 Å². The van der Waals surface area contributed by atoms with Gasteiger partial charge in [-0.15, -0.1) is 0 Å². The first-order chi connectivity index (χ1) is 10.0. The Labute approximate surface area is 119 Å². The first-order valence-corrected chi connectivity index (χ1v) is 6.03. The number of halogens is 2. The molecule has 0 saturated heterocycles. The summed E-state index contributed by atoms with van der Waals surface area (Å²) >= 11 is 0. The average molecular weight is 293 g/mol. The van der Waals surface area contributed by atoms with Gasteiger partial charge in [0.25, 0.3) is 5.91 Å². The van der Waals surface area contributed by atoms with Crippen LogP contribution in [0, 0.1) is 11.6 Å². The van der Waals surface area contributed by atoms with Crippen molar-refractivity contribution in [1.82, 2.24) is 10.3 Å². The Morgan fingerprint density at radius 1 is 1.33 bits per heavy atom. The van der Waals surface area contributed by atoms with Crippen molar-refractivity contribution < 1.29 is 18.3 Å². The standard InChI is InChI=1S/C14H13F2N3O2/c1-21-12-4-8(2-3-18-12)7-19-14(20)9-5-10(15)13(17)11(16)6-9/h2-6H,7,17H2,1H3,(H,19,20). The monoisotopic (exact) mass is 293 g/mol. The van der Waals surface area contributed by atoms with E-state index in [1.165, 1.54) is 13.3 Å². The highest BCUT2D eigenvalue weighted by molar-refractivity contribution is 5.94. The third kappa shape index (κ3) is 3.44. The molecule has 1 amide bonds. The van der Waals surface area contributed by atoms with Gasteiger partial charge in [0.2, 0.25) is 5.88 Å². The number of hydrogen-bond donors (Lipinski definition) is 2. The number of nitrogens with two attached hydrogens (primary N) is 1. The maximum absolute atomic E-state index is 13.3. The minimum atomic E-state index is -0.967. The molecule has 2 rings (SSSR count). The number of benzene rings is 1. The zero-order valence-electron chi connectivity index (χ0n) is 11.2. The summed E-state index contributed by atoms with van der Waals surface area (Å²) in [5.74, 6) is -2.13. The number of methoxy groups -OCH3 is 1. The average Bonchev–Trinajstić information content (AvgIpc) is 2.50. The summed E-state index contributed by atoms with van der Waals surface area (Å²) in [5.41, 5.74) is 5.14. The number of hydrogen-bond acceptors (Lipinski definition) is 4. The van der Waals surface area contributed by atoms with E-state index in [2.05, 4.69) is 10.3 Å². The molecule has 5 nitrogen and oxygen atoms in total. The molecule has 0 atom stereocenters. The van der Waals surface area contributed by atoms with Gasteiger partial charge >= 0.3 is 0 Å². The number of amides is 1. The van der Waals surface area contributed by atoms with Gasteiger partial charge in [-0.3, -0.25) is 4.79 Å². The summed E-state index contributed by atoms with van der Waals surface area (Å²) in [5, 5.41) is 2.54. The molecule has 21 heavy (non-hydrogen) atoms. The Morgan fingerprint density at radius 2 is 2.00 bits per heavy atom. The van der Waals surface area contributed by atoms with Crippen LogP contribution in [-0.2, 0) is 6.54 Å². The maximum Gasteiger partial charge on any atom is 0.251 e. The van der Waals surface area contributed by atoms with Crippen molar-refractivity contribution in [1.29, 1.82) is 0 Å². The molecule has 0 fully saturated rings. The number of ether oxygens (including phenoxy) is 1. The molecule has 0 aliphatic heterocycles. The van der Waals surface area contributed by atoms with E-state index < -0.39 is 23.2 Å². The Bertz CT molecular complexity index is 654. The number of nitrogen functional groups attached to an aromatic ring is 1. The fraction of sp³-hybridized carbons (Fsp3) is 0.143. The topological polar surface area (TPSA) is 77.2 Å². The van der Waals surface area contributed by atoms with E-state index in [0.717, 1.165) is 17.7 Å². The highest BCUT2D eigenvalue weighted by Gasteiger charge is 2.13. The van der Waals surface area contributed by atoms with E-state index in [9.17, 15) is 13.6 Å². The second kappa shape index (κ2) is 6.17.